The van der Waals surface area contributed by atoms with E-state index in [1.807, 2.05) is 24.3 Å². The lowest BCUT2D eigenvalue weighted by atomic mass is 10.2. The highest BCUT2D eigenvalue weighted by Crippen LogP contribution is 2.23. The van der Waals surface area contributed by atoms with E-state index in [0.29, 0.717) is 17.0 Å². The normalized spacial score (nSPS) is 11.7. The highest BCUT2D eigenvalue weighted by molar-refractivity contribution is 9.10. The fourth-order valence-electron chi connectivity index (χ4n) is 2.09. The fraction of sp³-hybridized carbons (Fsp3) is 0.0588. The number of rotatable bonds is 3. The molecular formula is C17H13BrN2O3. The number of nitrogens with zero attached hydrogens (tertiary/aromatic N) is 1. The number of aromatic hydroxyl groups is 1. The van der Waals surface area contributed by atoms with E-state index in [0.717, 1.165) is 15.4 Å². The lowest BCUT2D eigenvalue weighted by Crippen LogP contribution is -2.19. The Bertz CT molecular complexity index is 915. The maximum Gasteiger partial charge on any atom is 0.271 e. The number of fused-ring (bicyclic) bond motifs is 1. The standard InChI is InChI=1S/C17H13BrN2O3/c1-10(16-9-12-7-13(18)5-6-15(12)23-16)19-20-17(22)11-3-2-4-14(21)8-11/h2-9,21H,1H3,(H,20,22)/b19-10-. The van der Waals surface area contributed by atoms with Gasteiger partial charge in [-0.05, 0) is 49.4 Å². The van der Waals surface area contributed by atoms with Crippen LogP contribution in [0.1, 0.15) is 23.0 Å². The van der Waals surface area contributed by atoms with Crippen LogP contribution in [0.4, 0.5) is 0 Å². The number of carbonyl (C=O) groups is 1. The molecule has 0 spiro atoms. The molecule has 23 heavy (non-hydrogen) atoms. The molecule has 0 saturated carbocycles. The summed E-state index contributed by atoms with van der Waals surface area (Å²) in [7, 11) is 0. The molecule has 0 atom stereocenters. The van der Waals surface area contributed by atoms with Gasteiger partial charge in [0.15, 0.2) is 5.76 Å². The molecule has 0 unspecified atom stereocenters. The van der Waals surface area contributed by atoms with Gasteiger partial charge in [-0.15, -0.1) is 0 Å². The smallest absolute Gasteiger partial charge is 0.271 e. The van der Waals surface area contributed by atoms with Crippen molar-refractivity contribution < 1.29 is 14.3 Å². The summed E-state index contributed by atoms with van der Waals surface area (Å²) in [4.78, 5) is 12.0. The molecule has 0 aliphatic heterocycles. The first-order valence-corrected chi connectivity index (χ1v) is 7.65. The van der Waals surface area contributed by atoms with Crippen LogP contribution in [0.3, 0.4) is 0 Å². The summed E-state index contributed by atoms with van der Waals surface area (Å²) in [6, 6.07) is 13.6. The number of phenols is 1. The zero-order valence-corrected chi connectivity index (χ0v) is 13.8. The van der Waals surface area contributed by atoms with E-state index in [2.05, 4.69) is 26.5 Å². The van der Waals surface area contributed by atoms with Gasteiger partial charge in [0, 0.05) is 15.4 Å². The molecule has 0 aliphatic rings. The third-order valence-corrected chi connectivity index (χ3v) is 3.76. The summed E-state index contributed by atoms with van der Waals surface area (Å²) in [6.45, 7) is 1.75. The molecule has 5 nitrogen and oxygen atoms in total. The number of hydrogen-bond acceptors (Lipinski definition) is 4. The van der Waals surface area contributed by atoms with Crippen LogP contribution in [0.5, 0.6) is 5.75 Å². The Balaban J connectivity index is 1.79. The lowest BCUT2D eigenvalue weighted by molar-refractivity contribution is 0.0954. The van der Waals surface area contributed by atoms with E-state index in [9.17, 15) is 9.90 Å². The van der Waals surface area contributed by atoms with E-state index in [1.165, 1.54) is 12.1 Å². The first-order chi connectivity index (χ1) is 11.0. The molecule has 3 rings (SSSR count). The van der Waals surface area contributed by atoms with Crippen LogP contribution in [0.15, 0.2) is 62.5 Å². The molecule has 1 amide bonds. The summed E-state index contributed by atoms with van der Waals surface area (Å²) in [5.41, 5.74) is 4.07. The van der Waals surface area contributed by atoms with Crippen LogP contribution >= 0.6 is 15.9 Å². The zero-order valence-electron chi connectivity index (χ0n) is 12.2. The van der Waals surface area contributed by atoms with Gasteiger partial charge in [0.05, 0.1) is 0 Å². The Morgan fingerprint density at radius 3 is 2.83 bits per heavy atom. The highest BCUT2D eigenvalue weighted by atomic mass is 79.9. The average molecular weight is 373 g/mol. The Morgan fingerprint density at radius 1 is 1.22 bits per heavy atom. The van der Waals surface area contributed by atoms with Gasteiger partial charge in [0.1, 0.15) is 17.0 Å². The molecule has 2 aromatic carbocycles. The number of carbonyl (C=O) groups excluding carboxylic acids is 1. The largest absolute Gasteiger partial charge is 0.508 e. The minimum atomic E-state index is -0.404. The molecule has 1 aromatic heterocycles. The van der Waals surface area contributed by atoms with Crippen LogP contribution in [0, 0.1) is 0 Å². The van der Waals surface area contributed by atoms with E-state index < -0.39 is 5.91 Å². The predicted octanol–water partition coefficient (Wildman–Crippen LogP) is 4.05. The van der Waals surface area contributed by atoms with Crippen molar-refractivity contribution in [2.24, 2.45) is 5.10 Å². The van der Waals surface area contributed by atoms with Crippen molar-refractivity contribution in [3.05, 3.63) is 64.3 Å². The maximum absolute atomic E-state index is 12.0. The topological polar surface area (TPSA) is 74.8 Å². The molecule has 0 radical (unpaired) electrons. The van der Waals surface area contributed by atoms with E-state index >= 15 is 0 Å². The van der Waals surface area contributed by atoms with E-state index in [1.54, 1.807) is 19.1 Å². The highest BCUT2D eigenvalue weighted by Gasteiger charge is 2.09. The number of nitrogens with one attached hydrogen (secondary N) is 1. The summed E-state index contributed by atoms with van der Waals surface area (Å²) < 4.78 is 6.66. The maximum atomic E-state index is 12.0. The van der Waals surface area contributed by atoms with Crippen LogP contribution in [0.25, 0.3) is 11.0 Å². The Labute approximate surface area is 140 Å². The van der Waals surface area contributed by atoms with Crippen molar-refractivity contribution >= 4 is 38.5 Å². The summed E-state index contributed by atoms with van der Waals surface area (Å²) in [5.74, 6) is 0.203. The van der Waals surface area contributed by atoms with Crippen molar-refractivity contribution in [2.45, 2.75) is 6.92 Å². The second-order valence-electron chi connectivity index (χ2n) is 4.98. The second kappa shape index (κ2) is 6.26. The number of halogens is 1. The zero-order chi connectivity index (χ0) is 16.4. The van der Waals surface area contributed by atoms with Crippen molar-refractivity contribution in [3.8, 4) is 5.75 Å². The van der Waals surface area contributed by atoms with E-state index in [4.69, 9.17) is 4.42 Å². The van der Waals surface area contributed by atoms with Gasteiger partial charge in [-0.2, -0.15) is 5.10 Å². The summed E-state index contributed by atoms with van der Waals surface area (Å²) in [6.07, 6.45) is 0. The molecule has 0 aliphatic carbocycles. The van der Waals surface area contributed by atoms with Gasteiger partial charge in [-0.25, -0.2) is 5.43 Å². The van der Waals surface area contributed by atoms with Crippen LogP contribution in [-0.4, -0.2) is 16.7 Å². The SMILES string of the molecule is C/C(=N/NC(=O)c1cccc(O)c1)c1cc2cc(Br)ccc2o1. The number of hydrogen-bond donors (Lipinski definition) is 2. The molecule has 3 aromatic rings. The number of furan rings is 1. The number of benzene rings is 2. The van der Waals surface area contributed by atoms with Crippen LogP contribution in [-0.2, 0) is 0 Å². The summed E-state index contributed by atoms with van der Waals surface area (Å²) in [5, 5.41) is 14.4. The van der Waals surface area contributed by atoms with Crippen molar-refractivity contribution in [1.82, 2.24) is 5.43 Å². The number of amides is 1. The summed E-state index contributed by atoms with van der Waals surface area (Å²) >= 11 is 3.41. The minimum Gasteiger partial charge on any atom is -0.508 e. The van der Waals surface area contributed by atoms with E-state index in [-0.39, 0.29) is 5.75 Å². The Hall–Kier alpha value is -2.60. The first-order valence-electron chi connectivity index (χ1n) is 6.86. The van der Waals surface area contributed by atoms with Gasteiger partial charge in [-0.3, -0.25) is 4.79 Å². The molecule has 0 saturated heterocycles. The first kappa shape index (κ1) is 15.3. The van der Waals surface area contributed by atoms with Gasteiger partial charge < -0.3 is 9.52 Å². The molecular weight excluding hydrogens is 360 g/mol. The van der Waals surface area contributed by atoms with Gasteiger partial charge in [-0.1, -0.05) is 22.0 Å². The van der Waals surface area contributed by atoms with Crippen molar-refractivity contribution in [3.63, 3.8) is 0 Å². The Kier molecular flexibility index (Phi) is 4.16. The molecule has 0 bridgehead atoms. The van der Waals surface area contributed by atoms with Crippen molar-refractivity contribution in [1.29, 1.82) is 0 Å². The third-order valence-electron chi connectivity index (χ3n) is 3.27. The third kappa shape index (κ3) is 3.43. The molecule has 6 heteroatoms. The van der Waals surface area contributed by atoms with Crippen LogP contribution < -0.4 is 5.43 Å². The molecule has 2 N–H and O–H groups in total. The fourth-order valence-corrected chi connectivity index (χ4v) is 2.47. The minimum absolute atomic E-state index is 0.0289. The van der Waals surface area contributed by atoms with Crippen molar-refractivity contribution in [2.75, 3.05) is 0 Å². The Morgan fingerprint density at radius 2 is 2.04 bits per heavy atom. The quantitative estimate of drug-likeness (QED) is 0.537. The molecule has 116 valence electrons. The lowest BCUT2D eigenvalue weighted by Gasteiger charge is -2.01. The van der Waals surface area contributed by atoms with Gasteiger partial charge >= 0.3 is 0 Å². The van der Waals surface area contributed by atoms with Gasteiger partial charge in [0.2, 0.25) is 0 Å². The van der Waals surface area contributed by atoms with Crippen LogP contribution in [0.2, 0.25) is 0 Å². The number of phenolic OH excluding ortho intramolecular Hbond substituents is 1. The monoisotopic (exact) mass is 372 g/mol. The second-order valence-corrected chi connectivity index (χ2v) is 5.90. The number of hydrazone groups is 1. The predicted molar refractivity (Wildman–Crippen MR) is 91.7 cm³/mol. The molecule has 1 heterocycles. The average Bonchev–Trinajstić information content (AvgIpc) is 2.95. The van der Waals surface area contributed by atoms with Gasteiger partial charge in [0.25, 0.3) is 5.91 Å². The molecule has 0 fully saturated rings.